The molecule has 0 aliphatic carbocycles. The van der Waals surface area contributed by atoms with E-state index in [9.17, 15) is 39.0 Å². The zero-order chi connectivity index (χ0) is 16.8. The maximum atomic E-state index is 12.4. The molecule has 0 aliphatic rings. The van der Waals surface area contributed by atoms with Gasteiger partial charge in [-0.25, -0.2) is 12.6 Å². The molecule has 0 aliphatic heterocycles. The summed E-state index contributed by atoms with van der Waals surface area (Å²) in [6, 6.07) is 0.286. The van der Waals surface area contributed by atoms with E-state index in [0.717, 1.165) is 0 Å². The zero-order valence-corrected chi connectivity index (χ0v) is 11.3. The number of hydrogen-bond donors (Lipinski definition) is 2. The molecule has 1 aromatic carbocycles. The Morgan fingerprint density at radius 3 is 1.81 bits per heavy atom. The van der Waals surface area contributed by atoms with Gasteiger partial charge in [0.25, 0.3) is 9.84 Å². The minimum atomic E-state index is -5.89. The molecule has 0 amide bonds. The lowest BCUT2D eigenvalue weighted by molar-refractivity contribution is -0.0436. The van der Waals surface area contributed by atoms with Crippen LogP contribution < -0.4 is 11.5 Å². The third-order valence-corrected chi connectivity index (χ3v) is 4.86. The van der Waals surface area contributed by atoms with Crippen LogP contribution in [0.3, 0.4) is 0 Å². The van der Waals surface area contributed by atoms with Crippen LogP contribution in [0.15, 0.2) is 21.9 Å². The van der Waals surface area contributed by atoms with Crippen molar-refractivity contribution in [2.75, 3.05) is 11.5 Å². The maximum Gasteiger partial charge on any atom is 0.501 e. The first-order valence-corrected chi connectivity index (χ1v) is 7.32. The Balaban J connectivity index is 3.54. The van der Waals surface area contributed by atoms with Crippen LogP contribution in [0.2, 0.25) is 0 Å². The lowest BCUT2D eigenvalue weighted by Gasteiger charge is -2.14. The first-order valence-electron chi connectivity index (χ1n) is 4.68. The summed E-state index contributed by atoms with van der Waals surface area (Å²) >= 11 is 0. The van der Waals surface area contributed by atoms with Crippen molar-refractivity contribution in [2.45, 2.75) is 20.8 Å². The van der Waals surface area contributed by atoms with Gasteiger partial charge in [-0.05, 0) is 12.1 Å². The van der Waals surface area contributed by atoms with E-state index in [4.69, 9.17) is 11.5 Å². The summed E-state index contributed by atoms with van der Waals surface area (Å²) in [5, 5.41) is 0. The van der Waals surface area contributed by atoms with Gasteiger partial charge in [-0.3, -0.25) is 0 Å². The van der Waals surface area contributed by atoms with Gasteiger partial charge in [-0.15, -0.1) is 0 Å². The number of benzene rings is 1. The molecule has 1 atom stereocenters. The van der Waals surface area contributed by atoms with E-state index in [-0.39, 0.29) is 12.1 Å². The molecule has 5 nitrogen and oxygen atoms in total. The topological polar surface area (TPSA) is 103 Å². The molecule has 0 saturated heterocycles. The van der Waals surface area contributed by atoms with Crippen molar-refractivity contribution >= 4 is 32.0 Å². The molecule has 120 valence electrons. The molecular weight excluding hydrogens is 350 g/mol. The van der Waals surface area contributed by atoms with Crippen LogP contribution in [-0.4, -0.2) is 23.6 Å². The summed E-state index contributed by atoms with van der Waals surface area (Å²) in [4.78, 5) is -2.63. The second-order valence-electron chi connectivity index (χ2n) is 3.59. The van der Waals surface area contributed by atoms with Gasteiger partial charge in [0.05, 0.1) is 10.6 Å². The third kappa shape index (κ3) is 3.23. The van der Waals surface area contributed by atoms with Crippen molar-refractivity contribution in [3.8, 4) is 0 Å². The van der Waals surface area contributed by atoms with Crippen LogP contribution in [0.4, 0.5) is 37.7 Å². The highest BCUT2D eigenvalue weighted by Crippen LogP contribution is 2.38. The fraction of sp³-hybridized carbons (Fsp3) is 0.250. The molecule has 1 unspecified atom stereocenters. The lowest BCUT2D eigenvalue weighted by Crippen LogP contribution is -2.25. The fourth-order valence-electron chi connectivity index (χ4n) is 1.23. The molecule has 0 saturated carbocycles. The summed E-state index contributed by atoms with van der Waals surface area (Å²) in [7, 11) is -9.55. The van der Waals surface area contributed by atoms with Gasteiger partial charge in [-0.2, -0.15) is 26.3 Å². The van der Waals surface area contributed by atoms with Crippen LogP contribution in [0, 0.1) is 0 Å². The first-order chi connectivity index (χ1) is 9.19. The number of rotatable bonds is 2. The Bertz CT molecular complexity index is 695. The fourth-order valence-corrected chi connectivity index (χ4v) is 2.89. The maximum absolute atomic E-state index is 12.4. The molecule has 1 aromatic rings. The van der Waals surface area contributed by atoms with E-state index in [1.165, 1.54) is 0 Å². The van der Waals surface area contributed by atoms with Gasteiger partial charge < -0.3 is 11.5 Å². The molecule has 0 radical (unpaired) electrons. The summed E-state index contributed by atoms with van der Waals surface area (Å²) < 4.78 is 107. The second kappa shape index (κ2) is 5.05. The number of halogens is 6. The standard InChI is InChI=1S/C8H6F6N2O3S2/c9-7(10,11)20(17)5-1-4(16)6(2-3(5)15)21(18,19)8(12,13)14/h1-2H,15-16H2. The Hall–Kier alpha value is -1.50. The minimum Gasteiger partial charge on any atom is -0.398 e. The highest BCUT2D eigenvalue weighted by atomic mass is 32.2. The molecule has 0 heterocycles. The molecule has 0 aromatic heterocycles. The monoisotopic (exact) mass is 356 g/mol. The van der Waals surface area contributed by atoms with E-state index < -0.39 is 52.8 Å². The summed E-state index contributed by atoms with van der Waals surface area (Å²) in [5.41, 5.74) is -3.06. The minimum absolute atomic E-state index is 0.0944. The van der Waals surface area contributed by atoms with Gasteiger partial charge in [0.2, 0.25) is 0 Å². The predicted octanol–water partition coefficient (Wildman–Crippen LogP) is 1.77. The molecule has 13 heteroatoms. The number of anilines is 2. The van der Waals surface area contributed by atoms with Crippen LogP contribution >= 0.6 is 0 Å². The molecule has 4 N–H and O–H groups in total. The molecule has 0 spiro atoms. The summed E-state index contributed by atoms with van der Waals surface area (Å²) in [6.07, 6.45) is 0. The Kier molecular flexibility index (Phi) is 4.22. The zero-order valence-electron chi connectivity index (χ0n) is 9.62. The Morgan fingerprint density at radius 2 is 1.43 bits per heavy atom. The Morgan fingerprint density at radius 1 is 0.952 bits per heavy atom. The van der Waals surface area contributed by atoms with Gasteiger partial charge in [0.15, 0.2) is 10.8 Å². The third-order valence-electron chi connectivity index (χ3n) is 2.15. The molecule has 1 rings (SSSR count). The number of alkyl halides is 6. The highest BCUT2D eigenvalue weighted by molar-refractivity contribution is 7.92. The molecule has 21 heavy (non-hydrogen) atoms. The van der Waals surface area contributed by atoms with E-state index in [0.29, 0.717) is 0 Å². The van der Waals surface area contributed by atoms with E-state index in [1.807, 2.05) is 0 Å². The smallest absolute Gasteiger partial charge is 0.398 e. The number of nitrogen functional groups attached to an aromatic ring is 2. The van der Waals surface area contributed by atoms with Crippen molar-refractivity contribution in [2.24, 2.45) is 0 Å². The largest absolute Gasteiger partial charge is 0.501 e. The van der Waals surface area contributed by atoms with Crippen molar-refractivity contribution < 1.29 is 39.0 Å². The quantitative estimate of drug-likeness (QED) is 0.621. The highest BCUT2D eigenvalue weighted by Gasteiger charge is 2.48. The number of hydrogen-bond acceptors (Lipinski definition) is 5. The number of sulfone groups is 1. The van der Waals surface area contributed by atoms with E-state index in [1.54, 1.807) is 0 Å². The van der Waals surface area contributed by atoms with Crippen molar-refractivity contribution in [1.29, 1.82) is 0 Å². The molecule has 0 fully saturated rings. The summed E-state index contributed by atoms with van der Waals surface area (Å²) in [5.74, 6) is 0. The molecule has 0 bridgehead atoms. The normalized spacial score (nSPS) is 15.0. The average molecular weight is 356 g/mol. The van der Waals surface area contributed by atoms with Gasteiger partial charge in [0.1, 0.15) is 4.90 Å². The predicted molar refractivity (Wildman–Crippen MR) is 61.0 cm³/mol. The molecular formula is C8H6F6N2O3S2. The van der Waals surface area contributed by atoms with Gasteiger partial charge in [-0.1, -0.05) is 0 Å². The average Bonchev–Trinajstić information content (AvgIpc) is 2.27. The van der Waals surface area contributed by atoms with Crippen LogP contribution in [0.25, 0.3) is 0 Å². The number of nitrogens with two attached hydrogens (primary N) is 2. The van der Waals surface area contributed by atoms with Crippen molar-refractivity contribution in [3.63, 3.8) is 0 Å². The first kappa shape index (κ1) is 17.6. The van der Waals surface area contributed by atoms with Crippen LogP contribution in [0.1, 0.15) is 0 Å². The van der Waals surface area contributed by atoms with Crippen LogP contribution in [0.5, 0.6) is 0 Å². The lowest BCUT2D eigenvalue weighted by atomic mass is 10.3. The summed E-state index contributed by atoms with van der Waals surface area (Å²) in [6.45, 7) is 0. The van der Waals surface area contributed by atoms with Crippen molar-refractivity contribution in [3.05, 3.63) is 12.1 Å². The van der Waals surface area contributed by atoms with E-state index in [2.05, 4.69) is 0 Å². The van der Waals surface area contributed by atoms with Crippen LogP contribution in [-0.2, 0) is 20.6 Å². The van der Waals surface area contributed by atoms with Gasteiger partial charge >= 0.3 is 11.0 Å². The second-order valence-corrected chi connectivity index (χ2v) is 6.94. The van der Waals surface area contributed by atoms with Gasteiger partial charge in [0, 0.05) is 5.69 Å². The van der Waals surface area contributed by atoms with Crippen molar-refractivity contribution in [1.82, 2.24) is 0 Å². The van der Waals surface area contributed by atoms with E-state index >= 15 is 0 Å². The Labute approximate surface area is 116 Å². The SMILES string of the molecule is Nc1cc(S(=O)(=O)C(F)(F)F)c(N)cc1S(=O)C(F)(F)F.